The van der Waals surface area contributed by atoms with Crippen LogP contribution in [0.1, 0.15) is 23.6 Å². The molecule has 0 spiro atoms. The van der Waals surface area contributed by atoms with Crippen molar-refractivity contribution < 1.29 is 0 Å². The van der Waals surface area contributed by atoms with Crippen LogP contribution in [0.4, 0.5) is 5.82 Å². The first-order valence-electron chi connectivity index (χ1n) is 9.86. The number of amidine groups is 1. The Labute approximate surface area is 170 Å². The van der Waals surface area contributed by atoms with Crippen LogP contribution in [0.15, 0.2) is 41.9 Å². The van der Waals surface area contributed by atoms with Crippen LogP contribution in [0.3, 0.4) is 0 Å². The van der Waals surface area contributed by atoms with E-state index in [2.05, 4.69) is 79.8 Å². The maximum atomic E-state index is 7.28. The van der Waals surface area contributed by atoms with Gasteiger partial charge in [0.1, 0.15) is 22.9 Å². The van der Waals surface area contributed by atoms with Crippen molar-refractivity contribution in [1.82, 2.24) is 19.9 Å². The first-order valence-corrected chi connectivity index (χ1v) is 9.86. The zero-order valence-corrected chi connectivity index (χ0v) is 17.1. The maximum absolute atomic E-state index is 7.28. The fourth-order valence-corrected chi connectivity index (χ4v) is 4.13. The summed E-state index contributed by atoms with van der Waals surface area (Å²) in [6, 6.07) is 8.62. The van der Waals surface area contributed by atoms with E-state index in [9.17, 15) is 0 Å². The second-order valence-corrected chi connectivity index (χ2v) is 7.66. The van der Waals surface area contributed by atoms with Crippen molar-refractivity contribution in [2.75, 3.05) is 24.5 Å². The molecule has 0 radical (unpaired) electrons. The van der Waals surface area contributed by atoms with Crippen molar-refractivity contribution in [3.8, 4) is 0 Å². The average molecular weight is 387 g/mol. The Bertz CT molecular complexity index is 1090. The first-order chi connectivity index (χ1) is 14.1. The van der Waals surface area contributed by atoms with Crippen LogP contribution in [-0.4, -0.2) is 51.4 Å². The Morgan fingerprint density at radius 3 is 2.93 bits per heavy atom. The molecule has 0 bridgehead atoms. The SMILES string of the molecule is [C-]#[N+]/N=C(/Cc1cccc(C)c1)N1CCN(c2ncnc3[nH]cc(C)c23)C[C@@H]1C. The van der Waals surface area contributed by atoms with Crippen molar-refractivity contribution >= 4 is 22.7 Å². The molecule has 1 fully saturated rings. The van der Waals surface area contributed by atoms with Gasteiger partial charge in [-0.25, -0.2) is 9.97 Å². The molecule has 4 rings (SSSR count). The second kappa shape index (κ2) is 7.92. The van der Waals surface area contributed by atoms with Crippen LogP contribution in [0.5, 0.6) is 0 Å². The maximum Gasteiger partial charge on any atom is 0.193 e. The van der Waals surface area contributed by atoms with E-state index >= 15 is 0 Å². The Hall–Kier alpha value is -3.40. The summed E-state index contributed by atoms with van der Waals surface area (Å²) >= 11 is 0. The summed E-state index contributed by atoms with van der Waals surface area (Å²) in [6.07, 6.45) is 4.27. The molecule has 1 aliphatic rings. The second-order valence-electron chi connectivity index (χ2n) is 7.66. The molecular weight excluding hydrogens is 362 g/mol. The van der Waals surface area contributed by atoms with Crippen LogP contribution in [0, 0.1) is 20.4 Å². The molecule has 29 heavy (non-hydrogen) atoms. The van der Waals surface area contributed by atoms with Crippen LogP contribution in [0.25, 0.3) is 16.0 Å². The monoisotopic (exact) mass is 387 g/mol. The number of piperazine rings is 1. The number of hydrogen-bond donors (Lipinski definition) is 1. The third kappa shape index (κ3) is 3.79. The standard InChI is InChI=1S/C22H25N7/c1-15-6-5-7-18(10-15)11-19(27-23-4)29-9-8-28(13-17(29)3)22-20-16(2)12-24-21(20)25-14-26-22/h5-7,10,12,14,17H,8-9,11,13H2,1-3H3,(H,24,25,26)/b27-19-/t17-/m0/s1. The summed E-state index contributed by atoms with van der Waals surface area (Å²) in [5.74, 6) is 1.81. The normalized spacial score (nSPS) is 17.6. The lowest BCUT2D eigenvalue weighted by Gasteiger charge is -2.41. The fraction of sp³-hybridized carbons (Fsp3) is 0.364. The molecule has 3 heterocycles. The van der Waals surface area contributed by atoms with Gasteiger partial charge in [0.2, 0.25) is 0 Å². The Morgan fingerprint density at radius 2 is 2.17 bits per heavy atom. The number of fused-ring (bicyclic) bond motifs is 1. The summed E-state index contributed by atoms with van der Waals surface area (Å²) in [6.45, 7) is 16.1. The molecule has 1 aromatic carbocycles. The first kappa shape index (κ1) is 18.9. The number of rotatable bonds is 3. The van der Waals surface area contributed by atoms with Gasteiger partial charge >= 0.3 is 0 Å². The number of aryl methyl sites for hydroxylation is 2. The van der Waals surface area contributed by atoms with Crippen molar-refractivity contribution in [3.63, 3.8) is 0 Å². The molecule has 1 aliphatic heterocycles. The number of anilines is 1. The van der Waals surface area contributed by atoms with Gasteiger partial charge in [-0.1, -0.05) is 29.8 Å². The molecule has 148 valence electrons. The van der Waals surface area contributed by atoms with Gasteiger partial charge in [-0.3, -0.25) is 0 Å². The molecular formula is C22H25N7. The predicted molar refractivity (Wildman–Crippen MR) is 116 cm³/mol. The van der Waals surface area contributed by atoms with Crippen molar-refractivity contribution in [2.45, 2.75) is 33.2 Å². The van der Waals surface area contributed by atoms with Crippen molar-refractivity contribution in [1.29, 1.82) is 0 Å². The van der Waals surface area contributed by atoms with E-state index in [-0.39, 0.29) is 6.04 Å². The van der Waals surface area contributed by atoms with Crippen LogP contribution in [0.2, 0.25) is 0 Å². The number of nitrogens with one attached hydrogen (secondary N) is 1. The highest BCUT2D eigenvalue weighted by atomic mass is 15.4. The van der Waals surface area contributed by atoms with Gasteiger partial charge in [-0.2, -0.15) is 6.57 Å². The molecule has 0 unspecified atom stereocenters. The minimum absolute atomic E-state index is 0.221. The highest BCUT2D eigenvalue weighted by molar-refractivity contribution is 5.91. The Balaban J connectivity index is 1.55. The number of nitrogens with zero attached hydrogens (tertiary/aromatic N) is 6. The summed E-state index contributed by atoms with van der Waals surface area (Å²) < 4.78 is 0. The van der Waals surface area contributed by atoms with Gasteiger partial charge in [0.25, 0.3) is 0 Å². The highest BCUT2D eigenvalue weighted by Gasteiger charge is 2.29. The topological polar surface area (TPSA) is 64.8 Å². The molecule has 7 nitrogen and oxygen atoms in total. The van der Waals surface area contributed by atoms with Crippen LogP contribution in [-0.2, 0) is 6.42 Å². The third-order valence-corrected chi connectivity index (χ3v) is 5.52. The molecule has 0 aliphatic carbocycles. The van der Waals surface area contributed by atoms with E-state index in [1.807, 2.05) is 6.20 Å². The van der Waals surface area contributed by atoms with Gasteiger partial charge < -0.3 is 14.8 Å². The quantitative estimate of drug-likeness (QED) is 0.323. The third-order valence-electron chi connectivity index (χ3n) is 5.52. The van der Waals surface area contributed by atoms with E-state index in [1.165, 1.54) is 11.1 Å². The van der Waals surface area contributed by atoms with E-state index in [1.54, 1.807) is 6.33 Å². The Kier molecular flexibility index (Phi) is 5.17. The van der Waals surface area contributed by atoms with E-state index in [0.29, 0.717) is 6.42 Å². The number of aromatic amines is 1. The minimum atomic E-state index is 0.221. The molecule has 2 aromatic heterocycles. The number of aromatic nitrogens is 3. The average Bonchev–Trinajstić information content (AvgIpc) is 3.09. The molecule has 7 heteroatoms. The smallest absolute Gasteiger partial charge is 0.193 e. The lowest BCUT2D eigenvalue weighted by atomic mass is 10.1. The fourth-order valence-electron chi connectivity index (χ4n) is 4.13. The predicted octanol–water partition coefficient (Wildman–Crippen LogP) is 3.56. The van der Waals surface area contributed by atoms with E-state index in [0.717, 1.165) is 47.9 Å². The number of H-pyrrole nitrogens is 1. The molecule has 3 aromatic rings. The van der Waals surface area contributed by atoms with E-state index < -0.39 is 0 Å². The molecule has 1 N–H and O–H groups in total. The van der Waals surface area contributed by atoms with Gasteiger partial charge in [-0.05, 0) is 31.9 Å². The largest absolute Gasteiger partial charge is 0.352 e. The van der Waals surface area contributed by atoms with Gasteiger partial charge in [0.15, 0.2) is 5.84 Å². The highest BCUT2D eigenvalue weighted by Crippen LogP contribution is 2.28. The number of benzene rings is 1. The molecule has 0 amide bonds. The van der Waals surface area contributed by atoms with Crippen molar-refractivity contribution in [2.24, 2.45) is 5.10 Å². The zero-order chi connectivity index (χ0) is 20.4. The van der Waals surface area contributed by atoms with Gasteiger partial charge in [0, 0.05) is 38.3 Å². The van der Waals surface area contributed by atoms with E-state index in [4.69, 9.17) is 6.57 Å². The van der Waals surface area contributed by atoms with Gasteiger partial charge in [-0.15, -0.1) is 4.95 Å². The summed E-state index contributed by atoms with van der Waals surface area (Å²) in [5.41, 5.74) is 4.43. The van der Waals surface area contributed by atoms with Gasteiger partial charge in [0.05, 0.1) is 5.39 Å². The summed E-state index contributed by atoms with van der Waals surface area (Å²) in [4.78, 5) is 20.1. The zero-order valence-electron chi connectivity index (χ0n) is 17.1. The lowest BCUT2D eigenvalue weighted by Crippen LogP contribution is -2.54. The molecule has 1 saturated heterocycles. The molecule has 0 saturated carbocycles. The van der Waals surface area contributed by atoms with Crippen molar-refractivity contribution in [3.05, 3.63) is 65.0 Å². The Morgan fingerprint density at radius 1 is 1.31 bits per heavy atom. The summed E-state index contributed by atoms with van der Waals surface area (Å²) in [5, 5.41) is 5.25. The van der Waals surface area contributed by atoms with Crippen LogP contribution >= 0.6 is 0 Å². The lowest BCUT2D eigenvalue weighted by molar-refractivity contribution is 0.293. The number of hydrogen-bond acceptors (Lipinski definition) is 4. The molecule has 1 atom stereocenters. The minimum Gasteiger partial charge on any atom is -0.352 e. The summed E-state index contributed by atoms with van der Waals surface area (Å²) in [7, 11) is 0. The van der Waals surface area contributed by atoms with Crippen LogP contribution < -0.4 is 4.90 Å².